The predicted molar refractivity (Wildman–Crippen MR) is 84.1 cm³/mol. The highest BCUT2D eigenvalue weighted by Crippen LogP contribution is 2.41. The van der Waals surface area contributed by atoms with Crippen LogP contribution in [0.5, 0.6) is 0 Å². The van der Waals surface area contributed by atoms with Crippen molar-refractivity contribution in [2.24, 2.45) is 23.7 Å². The van der Waals surface area contributed by atoms with Gasteiger partial charge in [0.15, 0.2) is 0 Å². The minimum absolute atomic E-state index is 0.0607. The van der Waals surface area contributed by atoms with Crippen LogP contribution >= 0.6 is 0 Å². The molecule has 22 heavy (non-hydrogen) atoms. The fraction of sp³-hybridized carbons (Fsp3) is 0.889. The number of amides is 1. The Kier molecular flexibility index (Phi) is 4.47. The third kappa shape index (κ3) is 3.16. The molecule has 1 saturated heterocycles. The van der Waals surface area contributed by atoms with Crippen LogP contribution in [0.4, 0.5) is 0 Å². The van der Waals surface area contributed by atoms with Crippen LogP contribution in [0.25, 0.3) is 0 Å². The molecule has 1 heterocycles. The van der Waals surface area contributed by atoms with E-state index in [2.05, 4.69) is 20.8 Å². The summed E-state index contributed by atoms with van der Waals surface area (Å²) in [5, 5.41) is 0. The third-order valence-electron chi connectivity index (χ3n) is 5.80. The highest BCUT2D eigenvalue weighted by Gasteiger charge is 2.51. The zero-order chi connectivity index (χ0) is 15.9. The van der Waals surface area contributed by atoms with Crippen molar-refractivity contribution in [3.63, 3.8) is 0 Å². The Balaban J connectivity index is 1.56. The first-order chi connectivity index (χ1) is 10.5. The molecule has 1 amide bonds. The molecule has 124 valence electrons. The van der Waals surface area contributed by atoms with Crippen molar-refractivity contribution < 1.29 is 14.3 Å². The number of carbonyl (C=O) groups is 2. The van der Waals surface area contributed by atoms with Crippen LogP contribution < -0.4 is 0 Å². The van der Waals surface area contributed by atoms with Gasteiger partial charge in [-0.15, -0.1) is 0 Å². The lowest BCUT2D eigenvalue weighted by Crippen LogP contribution is -2.37. The average Bonchev–Trinajstić information content (AvgIpc) is 3.13. The van der Waals surface area contributed by atoms with Gasteiger partial charge in [-0.3, -0.25) is 9.59 Å². The first-order valence-electron chi connectivity index (χ1n) is 8.97. The zero-order valence-electron chi connectivity index (χ0n) is 14.1. The quantitative estimate of drug-likeness (QED) is 0.750. The van der Waals surface area contributed by atoms with Crippen molar-refractivity contribution in [1.29, 1.82) is 0 Å². The van der Waals surface area contributed by atoms with E-state index < -0.39 is 0 Å². The van der Waals surface area contributed by atoms with E-state index in [9.17, 15) is 9.59 Å². The lowest BCUT2D eigenvalue weighted by Gasteiger charge is -2.36. The SMILES string of the molecule is CC(C)[C@H]1CC[C@H](C)C[C@@H]1OC(=O)[C@H]1C[C@@H]1N1CCCC1=O. The molecule has 0 unspecified atom stereocenters. The Morgan fingerprint density at radius 2 is 2.05 bits per heavy atom. The maximum atomic E-state index is 12.5. The molecule has 3 fully saturated rings. The number of hydrogen-bond donors (Lipinski definition) is 0. The third-order valence-corrected chi connectivity index (χ3v) is 5.80. The fourth-order valence-electron chi connectivity index (χ4n) is 4.29. The first kappa shape index (κ1) is 15.8. The van der Waals surface area contributed by atoms with Gasteiger partial charge in [0.25, 0.3) is 0 Å². The van der Waals surface area contributed by atoms with Crippen molar-refractivity contribution in [1.82, 2.24) is 4.90 Å². The first-order valence-corrected chi connectivity index (χ1v) is 8.97. The molecular weight excluding hydrogens is 278 g/mol. The van der Waals surface area contributed by atoms with E-state index in [4.69, 9.17) is 4.74 Å². The largest absolute Gasteiger partial charge is 0.462 e. The fourth-order valence-corrected chi connectivity index (χ4v) is 4.29. The maximum absolute atomic E-state index is 12.5. The number of likely N-dealkylation sites (tertiary alicyclic amines) is 1. The summed E-state index contributed by atoms with van der Waals surface area (Å²) in [5.74, 6) is 1.78. The van der Waals surface area contributed by atoms with E-state index in [1.807, 2.05) is 4.90 Å². The van der Waals surface area contributed by atoms with Gasteiger partial charge in [-0.1, -0.05) is 27.2 Å². The predicted octanol–water partition coefficient (Wildman–Crippen LogP) is 3.00. The molecule has 4 heteroatoms. The summed E-state index contributed by atoms with van der Waals surface area (Å²) in [6.45, 7) is 7.53. The van der Waals surface area contributed by atoms with Gasteiger partial charge >= 0.3 is 5.97 Å². The number of carbonyl (C=O) groups excluding carboxylic acids is 2. The highest BCUT2D eigenvalue weighted by molar-refractivity contribution is 5.82. The Morgan fingerprint density at radius 1 is 1.27 bits per heavy atom. The van der Waals surface area contributed by atoms with Gasteiger partial charge in [0.1, 0.15) is 6.10 Å². The zero-order valence-corrected chi connectivity index (χ0v) is 14.1. The monoisotopic (exact) mass is 307 g/mol. The normalized spacial score (nSPS) is 38.5. The van der Waals surface area contributed by atoms with Crippen LogP contribution in [-0.4, -0.2) is 35.5 Å². The summed E-state index contributed by atoms with van der Waals surface area (Å²) < 4.78 is 5.91. The van der Waals surface area contributed by atoms with Gasteiger partial charge in [0, 0.05) is 19.0 Å². The minimum atomic E-state index is -0.0629. The Hall–Kier alpha value is -1.06. The van der Waals surface area contributed by atoms with Gasteiger partial charge in [-0.05, 0) is 43.4 Å². The van der Waals surface area contributed by atoms with E-state index in [1.54, 1.807) is 0 Å². The summed E-state index contributed by atoms with van der Waals surface area (Å²) in [6.07, 6.45) is 5.86. The van der Waals surface area contributed by atoms with E-state index in [0.29, 0.717) is 24.2 Å². The lowest BCUT2D eigenvalue weighted by atomic mass is 9.75. The average molecular weight is 307 g/mol. The molecule has 0 radical (unpaired) electrons. The maximum Gasteiger partial charge on any atom is 0.311 e. The molecule has 0 N–H and O–H groups in total. The number of nitrogens with zero attached hydrogens (tertiary/aromatic N) is 1. The van der Waals surface area contributed by atoms with Crippen molar-refractivity contribution in [3.8, 4) is 0 Å². The summed E-state index contributed by atoms with van der Waals surface area (Å²) in [4.78, 5) is 26.1. The molecule has 1 aliphatic heterocycles. The van der Waals surface area contributed by atoms with Gasteiger partial charge in [0.2, 0.25) is 5.91 Å². The molecule has 0 aromatic heterocycles. The summed E-state index contributed by atoms with van der Waals surface area (Å²) in [7, 11) is 0. The molecule has 5 atom stereocenters. The smallest absolute Gasteiger partial charge is 0.311 e. The van der Waals surface area contributed by atoms with Gasteiger partial charge in [0.05, 0.1) is 5.92 Å². The Morgan fingerprint density at radius 3 is 2.68 bits per heavy atom. The summed E-state index contributed by atoms with van der Waals surface area (Å²) in [6, 6.07) is 0.126. The summed E-state index contributed by atoms with van der Waals surface area (Å²) in [5.41, 5.74) is 0. The minimum Gasteiger partial charge on any atom is -0.462 e. The molecule has 3 rings (SSSR count). The van der Waals surface area contributed by atoms with E-state index in [1.165, 1.54) is 6.42 Å². The van der Waals surface area contributed by atoms with Crippen LogP contribution in [0, 0.1) is 23.7 Å². The molecule has 2 aliphatic carbocycles. The van der Waals surface area contributed by atoms with Crippen LogP contribution in [-0.2, 0) is 14.3 Å². The number of hydrogen-bond acceptors (Lipinski definition) is 3. The Labute approximate surface area is 133 Å². The van der Waals surface area contributed by atoms with Crippen LogP contribution in [0.3, 0.4) is 0 Å². The van der Waals surface area contributed by atoms with Gasteiger partial charge in [-0.25, -0.2) is 0 Å². The van der Waals surface area contributed by atoms with E-state index >= 15 is 0 Å². The van der Waals surface area contributed by atoms with Crippen LogP contribution in [0.1, 0.15) is 59.3 Å². The second-order valence-electron chi connectivity index (χ2n) is 7.90. The Bertz CT molecular complexity index is 448. The molecule has 0 spiro atoms. The highest BCUT2D eigenvalue weighted by atomic mass is 16.5. The summed E-state index contributed by atoms with van der Waals surface area (Å²) >= 11 is 0. The molecule has 0 aromatic carbocycles. The second kappa shape index (κ2) is 6.21. The van der Waals surface area contributed by atoms with E-state index in [-0.39, 0.29) is 29.9 Å². The molecule has 0 bridgehead atoms. The topological polar surface area (TPSA) is 46.6 Å². The number of esters is 1. The molecule has 0 aromatic rings. The standard InChI is InChI=1S/C18H29NO3/c1-11(2)13-7-6-12(3)9-16(13)22-18(21)14-10-15(14)19-8-4-5-17(19)20/h11-16H,4-10H2,1-3H3/t12-,13+,14-,15-,16-/m0/s1. The van der Waals surface area contributed by atoms with Crippen molar-refractivity contribution >= 4 is 11.9 Å². The number of rotatable bonds is 4. The van der Waals surface area contributed by atoms with Gasteiger partial charge < -0.3 is 9.64 Å². The molecule has 2 saturated carbocycles. The molecule has 4 nitrogen and oxygen atoms in total. The second-order valence-corrected chi connectivity index (χ2v) is 7.90. The van der Waals surface area contributed by atoms with Crippen LogP contribution in [0.2, 0.25) is 0 Å². The van der Waals surface area contributed by atoms with Crippen molar-refractivity contribution in [3.05, 3.63) is 0 Å². The molecule has 3 aliphatic rings. The lowest BCUT2D eigenvalue weighted by molar-refractivity contribution is -0.158. The van der Waals surface area contributed by atoms with Crippen molar-refractivity contribution in [2.75, 3.05) is 6.54 Å². The van der Waals surface area contributed by atoms with E-state index in [0.717, 1.165) is 32.2 Å². The van der Waals surface area contributed by atoms with Gasteiger partial charge in [-0.2, -0.15) is 0 Å². The van der Waals surface area contributed by atoms with Crippen molar-refractivity contribution in [2.45, 2.75) is 71.4 Å². The molecular formula is C18H29NO3. The number of ether oxygens (including phenoxy) is 1. The van der Waals surface area contributed by atoms with Crippen LogP contribution in [0.15, 0.2) is 0 Å².